The summed E-state index contributed by atoms with van der Waals surface area (Å²) in [6, 6.07) is 18.0. The molecule has 0 spiro atoms. The van der Waals surface area contributed by atoms with Crippen molar-refractivity contribution in [3.05, 3.63) is 87.5 Å². The first-order valence-corrected chi connectivity index (χ1v) is 16.2. The summed E-state index contributed by atoms with van der Waals surface area (Å²) in [6.07, 6.45) is 1.70. The molecule has 5 rings (SSSR count). The fraction of sp³-hybridized carbons (Fsp3) is 0.429. The molecule has 10 heteroatoms. The Morgan fingerprint density at radius 2 is 1.80 bits per heavy atom. The molecule has 1 fully saturated rings. The number of nitrogens with zero attached hydrogens (tertiary/aromatic N) is 3. The van der Waals surface area contributed by atoms with E-state index >= 15 is 0 Å². The van der Waals surface area contributed by atoms with E-state index in [0.717, 1.165) is 50.9 Å². The van der Waals surface area contributed by atoms with Crippen molar-refractivity contribution in [3.63, 3.8) is 0 Å². The Hall–Kier alpha value is -3.28. The van der Waals surface area contributed by atoms with E-state index in [4.69, 9.17) is 19.2 Å². The van der Waals surface area contributed by atoms with Crippen LogP contribution in [0.15, 0.2) is 65.3 Å². The predicted octanol–water partition coefficient (Wildman–Crippen LogP) is 6.50. The van der Waals surface area contributed by atoms with Crippen LogP contribution in [0.25, 0.3) is 16.9 Å². The Kier molecular flexibility index (Phi) is 10.6. The Labute approximate surface area is 272 Å². The third-order valence-electron chi connectivity index (χ3n) is 8.63. The van der Waals surface area contributed by atoms with Gasteiger partial charge in [-0.15, -0.1) is 0 Å². The average molecular weight is 681 g/mol. The summed E-state index contributed by atoms with van der Waals surface area (Å²) in [5.74, 6) is -0.623. The average Bonchev–Trinajstić information content (AvgIpc) is 3.48. The van der Waals surface area contributed by atoms with E-state index in [1.165, 1.54) is 0 Å². The second-order valence-electron chi connectivity index (χ2n) is 12.0. The number of hydrogen-bond acceptors (Lipinski definition) is 7. The van der Waals surface area contributed by atoms with E-state index < -0.39 is 12.1 Å². The molecule has 1 aliphatic rings. The number of aliphatic hydroxyl groups is 1. The number of carboxylic acids is 1. The summed E-state index contributed by atoms with van der Waals surface area (Å²) in [7, 11) is 0. The largest absolute Gasteiger partial charge is 0.479 e. The summed E-state index contributed by atoms with van der Waals surface area (Å²) in [4.78, 5) is 19.2. The predicted molar refractivity (Wildman–Crippen MR) is 178 cm³/mol. The zero-order valence-electron chi connectivity index (χ0n) is 26.3. The van der Waals surface area contributed by atoms with Crippen LogP contribution in [0.1, 0.15) is 55.0 Å². The van der Waals surface area contributed by atoms with Gasteiger partial charge in [-0.1, -0.05) is 58.4 Å². The maximum atomic E-state index is 12.1. The van der Waals surface area contributed by atoms with Crippen molar-refractivity contribution >= 4 is 33.4 Å². The molecular weight excluding hydrogens is 638 g/mol. The quantitative estimate of drug-likeness (QED) is 0.154. The number of imidazole rings is 1. The SMILES string of the molecule is Cc1c(C(O)C(=O)O)c(N2CCC(C)(OCCOCC(C)OCc3ccccc3)CC2)n2cc(-c3cccc(Br)c3)nc2c1C. The first kappa shape index (κ1) is 33.1. The molecule has 0 bridgehead atoms. The van der Waals surface area contributed by atoms with Crippen molar-refractivity contribution in [2.45, 2.75) is 65.0 Å². The molecule has 4 aromatic rings. The number of anilines is 1. The van der Waals surface area contributed by atoms with Gasteiger partial charge in [-0.05, 0) is 69.4 Å². The summed E-state index contributed by atoms with van der Waals surface area (Å²) in [5.41, 5.74) is 5.19. The summed E-state index contributed by atoms with van der Waals surface area (Å²) in [6.45, 7) is 11.1. The van der Waals surface area contributed by atoms with Gasteiger partial charge < -0.3 is 29.3 Å². The van der Waals surface area contributed by atoms with Crippen LogP contribution < -0.4 is 4.90 Å². The molecule has 240 valence electrons. The summed E-state index contributed by atoms with van der Waals surface area (Å²) in [5, 5.41) is 20.8. The molecule has 45 heavy (non-hydrogen) atoms. The normalized spacial score (nSPS) is 16.2. The van der Waals surface area contributed by atoms with Crippen LogP contribution in [0.5, 0.6) is 0 Å². The molecule has 0 saturated carbocycles. The van der Waals surface area contributed by atoms with Crippen molar-refractivity contribution in [2.24, 2.45) is 0 Å². The van der Waals surface area contributed by atoms with E-state index in [-0.39, 0.29) is 11.7 Å². The minimum absolute atomic E-state index is 0.0266. The van der Waals surface area contributed by atoms with Gasteiger partial charge in [0.1, 0.15) is 11.5 Å². The summed E-state index contributed by atoms with van der Waals surface area (Å²) < 4.78 is 20.9. The zero-order chi connectivity index (χ0) is 32.1. The van der Waals surface area contributed by atoms with Crippen LogP contribution >= 0.6 is 15.9 Å². The van der Waals surface area contributed by atoms with Crippen molar-refractivity contribution in [1.29, 1.82) is 0 Å². The molecule has 2 aromatic carbocycles. The summed E-state index contributed by atoms with van der Waals surface area (Å²) >= 11 is 3.54. The molecule has 0 aliphatic carbocycles. The monoisotopic (exact) mass is 679 g/mol. The topological polar surface area (TPSA) is 106 Å². The number of aromatic nitrogens is 2. The Balaban J connectivity index is 1.26. The van der Waals surface area contributed by atoms with Crippen molar-refractivity contribution in [1.82, 2.24) is 9.38 Å². The molecule has 1 aliphatic heterocycles. The number of carboxylic acid groups (broad SMARTS) is 1. The van der Waals surface area contributed by atoms with Gasteiger partial charge in [0.05, 0.1) is 43.8 Å². The maximum Gasteiger partial charge on any atom is 0.337 e. The van der Waals surface area contributed by atoms with Crippen molar-refractivity contribution in [3.8, 4) is 11.3 Å². The molecule has 9 nitrogen and oxygen atoms in total. The van der Waals surface area contributed by atoms with Crippen molar-refractivity contribution < 1.29 is 29.2 Å². The van der Waals surface area contributed by atoms with Crippen LogP contribution in [0.3, 0.4) is 0 Å². The third kappa shape index (κ3) is 7.76. The Bertz CT molecular complexity index is 1620. The Morgan fingerprint density at radius 1 is 1.07 bits per heavy atom. The standard InChI is InChI=1S/C35H42BrN3O6/c1-23(44-22-26-9-6-5-7-10-26)21-43-17-18-45-35(4)13-15-38(16-14-35)33-30(31(40)34(41)42)24(2)25(3)32-37-29(20-39(32)33)27-11-8-12-28(36)19-27/h5-12,19-20,23,31,40H,13-18,21-22H2,1-4H3,(H,41,42). The smallest absolute Gasteiger partial charge is 0.337 e. The lowest BCUT2D eigenvalue weighted by atomic mass is 9.92. The highest BCUT2D eigenvalue weighted by molar-refractivity contribution is 9.10. The lowest BCUT2D eigenvalue weighted by Gasteiger charge is -2.41. The van der Waals surface area contributed by atoms with Crippen LogP contribution in [0.2, 0.25) is 0 Å². The van der Waals surface area contributed by atoms with Crippen LogP contribution in [0, 0.1) is 13.8 Å². The number of ether oxygens (including phenoxy) is 3. The molecule has 1 saturated heterocycles. The van der Waals surface area contributed by atoms with Crippen molar-refractivity contribution in [2.75, 3.05) is 37.8 Å². The number of carbonyl (C=O) groups is 1. The Morgan fingerprint density at radius 3 is 2.49 bits per heavy atom. The molecule has 2 aromatic heterocycles. The number of aryl methyl sites for hydroxylation is 1. The van der Waals surface area contributed by atoms with E-state index in [2.05, 4.69) is 27.8 Å². The number of benzene rings is 2. The molecule has 2 unspecified atom stereocenters. The fourth-order valence-corrected chi connectivity index (χ4v) is 6.23. The fourth-order valence-electron chi connectivity index (χ4n) is 5.83. The first-order chi connectivity index (χ1) is 21.6. The van der Waals surface area contributed by atoms with Crippen LogP contribution in [0.4, 0.5) is 5.82 Å². The highest BCUT2D eigenvalue weighted by Gasteiger charge is 2.35. The minimum Gasteiger partial charge on any atom is -0.479 e. The lowest BCUT2D eigenvalue weighted by molar-refractivity contribution is -0.147. The maximum absolute atomic E-state index is 12.1. The number of aliphatic carboxylic acids is 1. The van der Waals surface area contributed by atoms with Gasteiger partial charge in [-0.3, -0.25) is 4.40 Å². The number of piperidine rings is 1. The number of halogens is 1. The van der Waals surface area contributed by atoms with Gasteiger partial charge >= 0.3 is 5.97 Å². The number of fused-ring (bicyclic) bond motifs is 1. The van der Waals surface area contributed by atoms with Gasteiger partial charge in [-0.2, -0.15) is 0 Å². The van der Waals surface area contributed by atoms with Gasteiger partial charge in [0.15, 0.2) is 6.10 Å². The molecule has 2 atom stereocenters. The van der Waals surface area contributed by atoms with E-state index in [9.17, 15) is 15.0 Å². The van der Waals surface area contributed by atoms with E-state index in [1.54, 1.807) is 0 Å². The van der Waals surface area contributed by atoms with Gasteiger partial charge in [0.2, 0.25) is 0 Å². The molecular formula is C35H42BrN3O6. The molecule has 0 radical (unpaired) electrons. The number of pyridine rings is 1. The van der Waals surface area contributed by atoms with Gasteiger partial charge in [0.25, 0.3) is 0 Å². The van der Waals surface area contributed by atoms with E-state index in [0.29, 0.717) is 50.9 Å². The lowest BCUT2D eigenvalue weighted by Crippen LogP contribution is -2.46. The molecule has 0 amide bonds. The minimum atomic E-state index is -1.67. The molecule has 3 heterocycles. The zero-order valence-corrected chi connectivity index (χ0v) is 27.9. The van der Waals surface area contributed by atoms with E-state index in [1.807, 2.05) is 86.0 Å². The molecule has 2 N–H and O–H groups in total. The second kappa shape index (κ2) is 14.4. The highest BCUT2D eigenvalue weighted by Crippen LogP contribution is 2.38. The number of rotatable bonds is 13. The van der Waals surface area contributed by atoms with Crippen LogP contribution in [-0.2, 0) is 25.6 Å². The third-order valence-corrected chi connectivity index (χ3v) is 9.13. The number of aliphatic hydroxyl groups excluding tert-OH is 1. The van der Waals surface area contributed by atoms with Gasteiger partial charge in [0, 0.05) is 34.9 Å². The first-order valence-electron chi connectivity index (χ1n) is 15.4. The van der Waals surface area contributed by atoms with Crippen LogP contribution in [-0.4, -0.2) is 70.2 Å². The highest BCUT2D eigenvalue weighted by atomic mass is 79.9. The number of hydrogen-bond donors (Lipinski definition) is 2. The second-order valence-corrected chi connectivity index (χ2v) is 12.9. The van der Waals surface area contributed by atoms with Gasteiger partial charge in [-0.25, -0.2) is 9.78 Å².